The van der Waals surface area contributed by atoms with Crippen molar-refractivity contribution in [1.82, 2.24) is 4.98 Å². The maximum Gasteiger partial charge on any atom is 0.194 e. The minimum absolute atomic E-state index is 0.00112. The van der Waals surface area contributed by atoms with E-state index in [1.165, 1.54) is 12.8 Å². The largest absolute Gasteiger partial charge is 0.289 e. The van der Waals surface area contributed by atoms with Crippen molar-refractivity contribution in [3.8, 4) is 0 Å². The molecule has 2 unspecified atom stereocenters. The molecule has 0 radical (unpaired) electrons. The predicted octanol–water partition coefficient (Wildman–Crippen LogP) is 9.59. The summed E-state index contributed by atoms with van der Waals surface area (Å²) >= 11 is 2.29. The Hall–Kier alpha value is -2.40. The Labute approximate surface area is 278 Å². The number of fused-ring (bicyclic) bond motifs is 4. The number of aryl methyl sites for hydroxylation is 1. The summed E-state index contributed by atoms with van der Waals surface area (Å²) in [5.74, 6) is 0. The number of nitrogens with zero attached hydrogens (tertiary/aromatic N) is 1. The molecule has 4 aliphatic rings. The summed E-state index contributed by atoms with van der Waals surface area (Å²) in [5, 5.41) is 4.70. The van der Waals surface area contributed by atoms with Gasteiger partial charge in [0.15, 0.2) is 22.1 Å². The molecule has 1 aromatic heterocycles. The van der Waals surface area contributed by atoms with Crippen LogP contribution in [-0.4, -0.2) is 38.4 Å². The molecule has 0 bridgehead atoms. The Bertz CT molecular complexity index is 2120. The van der Waals surface area contributed by atoms with Crippen molar-refractivity contribution >= 4 is 105 Å². The lowest BCUT2D eigenvalue weighted by Gasteiger charge is -2.34. The van der Waals surface area contributed by atoms with Crippen LogP contribution < -0.4 is 5.22 Å². The molecule has 45 heavy (non-hydrogen) atoms. The van der Waals surface area contributed by atoms with E-state index in [-0.39, 0.29) is 33.4 Å². The molecule has 2 saturated carbocycles. The average Bonchev–Trinajstić information content (AvgIpc) is 3.04. The summed E-state index contributed by atoms with van der Waals surface area (Å²) in [4.78, 5) is 61.7. The fourth-order valence-electron chi connectivity index (χ4n) is 8.68. The second-order valence-corrected chi connectivity index (χ2v) is 18.9. The van der Waals surface area contributed by atoms with Crippen molar-refractivity contribution in [3.05, 3.63) is 61.0 Å². The first-order valence-electron chi connectivity index (χ1n) is 16.2. The minimum Gasteiger partial charge on any atom is -0.289 e. The Morgan fingerprint density at radius 1 is 0.733 bits per heavy atom. The maximum atomic E-state index is 14.3. The molecule has 0 saturated heterocycles. The molecule has 8 heteroatoms. The number of hydrogen-bond acceptors (Lipinski definition) is 5. The standard InChI is InChI=1S/C37H34INO4P2/c1-4-22-29-24(36(42)44(34(22)40)20-11-7-5-8-12-20)16-26(38)31-28(29)19(3)27-18(2)15-23-30-25(17-39-33(31)32(27)30)37(43)45(35(23)41)21-13-9-6-10-14-21/h4,15-17,20-21H,3,5-14H2,1-2H3/b22-4+. The molecule has 2 aliphatic heterocycles. The molecule has 5 nitrogen and oxygen atoms in total. The van der Waals surface area contributed by atoms with Crippen LogP contribution in [0.3, 0.4) is 0 Å². The summed E-state index contributed by atoms with van der Waals surface area (Å²) in [6.45, 7) is 8.50. The van der Waals surface area contributed by atoms with Crippen LogP contribution in [0.25, 0.3) is 44.6 Å². The monoisotopic (exact) mass is 745 g/mol. The molecule has 4 aromatic rings. The van der Waals surface area contributed by atoms with Gasteiger partial charge in [0.1, 0.15) is 0 Å². The Balaban J connectivity index is 1.43. The topological polar surface area (TPSA) is 81.2 Å². The van der Waals surface area contributed by atoms with Gasteiger partial charge in [0, 0.05) is 75.0 Å². The number of pyridine rings is 1. The number of carbonyl (C=O) groups excluding carboxylic acids is 4. The fraction of sp³-hybridized carbons (Fsp3) is 0.378. The van der Waals surface area contributed by atoms with E-state index in [4.69, 9.17) is 4.98 Å². The van der Waals surface area contributed by atoms with Gasteiger partial charge in [-0.05, 0) is 102 Å². The highest BCUT2D eigenvalue weighted by Gasteiger charge is 2.45. The smallest absolute Gasteiger partial charge is 0.194 e. The summed E-state index contributed by atoms with van der Waals surface area (Å²) < 4.78 is 0.869. The molecule has 2 atom stereocenters. The van der Waals surface area contributed by atoms with Crippen LogP contribution >= 0.6 is 38.4 Å². The molecule has 0 N–H and O–H groups in total. The summed E-state index contributed by atoms with van der Waals surface area (Å²) in [5.41, 5.74) is 4.94. The number of rotatable bonds is 2. The molecular weight excluding hydrogens is 711 g/mol. The van der Waals surface area contributed by atoms with Gasteiger partial charge >= 0.3 is 0 Å². The van der Waals surface area contributed by atoms with E-state index in [0.717, 1.165) is 87.3 Å². The van der Waals surface area contributed by atoms with Crippen LogP contribution in [0, 0.1) is 10.5 Å². The van der Waals surface area contributed by atoms with Gasteiger partial charge in [-0.2, -0.15) is 0 Å². The maximum absolute atomic E-state index is 14.3. The van der Waals surface area contributed by atoms with Crippen molar-refractivity contribution in [2.75, 3.05) is 0 Å². The zero-order valence-corrected chi connectivity index (χ0v) is 29.5. The second-order valence-electron chi connectivity index (χ2n) is 13.1. The predicted molar refractivity (Wildman–Crippen MR) is 194 cm³/mol. The SMILES string of the molecule is C=c1c2c3c(cc(I)c2c2ncc4c5c(cc(C)c1c52)C(=O)P(C1CCCCC1)C4=O)C(=O)P(C1CCCCC1)C(=O)/C3=C/C. The Kier molecular flexibility index (Phi) is 7.39. The molecular formula is C37H34INO4P2. The highest BCUT2D eigenvalue weighted by Crippen LogP contribution is 2.60. The number of hydrogen-bond donors (Lipinski definition) is 0. The fourth-order valence-corrected chi connectivity index (χ4v) is 14.8. The van der Waals surface area contributed by atoms with Crippen LogP contribution in [-0.2, 0) is 4.79 Å². The minimum atomic E-state index is -1.47. The first kappa shape index (κ1) is 30.0. The van der Waals surface area contributed by atoms with E-state index in [2.05, 4.69) is 29.2 Å². The van der Waals surface area contributed by atoms with E-state index < -0.39 is 15.8 Å². The third kappa shape index (κ3) is 4.20. The lowest BCUT2D eigenvalue weighted by Crippen LogP contribution is -2.27. The first-order chi connectivity index (χ1) is 21.7. The summed E-state index contributed by atoms with van der Waals surface area (Å²) in [7, 11) is -2.94. The lowest BCUT2D eigenvalue weighted by molar-refractivity contribution is -0.106. The van der Waals surface area contributed by atoms with E-state index in [9.17, 15) is 19.2 Å². The summed E-state index contributed by atoms with van der Waals surface area (Å²) in [6, 6.07) is 3.91. The third-order valence-corrected chi connectivity index (χ3v) is 16.8. The molecule has 3 heterocycles. The highest BCUT2D eigenvalue weighted by atomic mass is 127. The second kappa shape index (κ2) is 11.1. The molecule has 0 spiro atoms. The van der Waals surface area contributed by atoms with E-state index in [1.807, 2.05) is 32.1 Å². The van der Waals surface area contributed by atoms with Crippen LogP contribution in [0.5, 0.6) is 0 Å². The zero-order chi connectivity index (χ0) is 31.3. The summed E-state index contributed by atoms with van der Waals surface area (Å²) in [6.07, 6.45) is 13.9. The van der Waals surface area contributed by atoms with E-state index in [1.54, 1.807) is 6.20 Å². The number of carbonyl (C=O) groups is 4. The molecule has 8 rings (SSSR count). The van der Waals surface area contributed by atoms with Crippen LogP contribution in [0.1, 0.15) is 113 Å². The van der Waals surface area contributed by atoms with Gasteiger partial charge in [0.2, 0.25) is 0 Å². The quantitative estimate of drug-likeness (QED) is 0.0672. The van der Waals surface area contributed by atoms with Crippen molar-refractivity contribution in [2.45, 2.75) is 89.4 Å². The highest BCUT2D eigenvalue weighted by molar-refractivity contribution is 14.1. The Morgan fingerprint density at radius 2 is 1.31 bits per heavy atom. The molecule has 3 aromatic carbocycles. The van der Waals surface area contributed by atoms with Crippen molar-refractivity contribution in [2.24, 2.45) is 0 Å². The van der Waals surface area contributed by atoms with Gasteiger partial charge in [-0.15, -0.1) is 0 Å². The normalized spacial score (nSPS) is 24.0. The van der Waals surface area contributed by atoms with E-state index >= 15 is 0 Å². The Morgan fingerprint density at radius 3 is 1.93 bits per heavy atom. The number of allylic oxidation sites excluding steroid dienone is 2. The van der Waals surface area contributed by atoms with Gasteiger partial charge in [-0.1, -0.05) is 51.2 Å². The van der Waals surface area contributed by atoms with Gasteiger partial charge in [-0.3, -0.25) is 24.2 Å². The first-order valence-corrected chi connectivity index (χ1v) is 20.1. The number of halogens is 1. The van der Waals surface area contributed by atoms with Crippen molar-refractivity contribution in [1.29, 1.82) is 0 Å². The number of aromatic nitrogens is 1. The molecule has 0 amide bonds. The molecule has 2 fully saturated rings. The van der Waals surface area contributed by atoms with Crippen LogP contribution in [0.2, 0.25) is 0 Å². The lowest BCUT2D eigenvalue weighted by atomic mass is 9.85. The third-order valence-electron chi connectivity index (χ3n) is 10.7. The van der Waals surface area contributed by atoms with Crippen LogP contribution in [0.15, 0.2) is 24.4 Å². The molecule has 2 aliphatic carbocycles. The van der Waals surface area contributed by atoms with E-state index in [0.29, 0.717) is 38.7 Å². The zero-order valence-electron chi connectivity index (χ0n) is 25.6. The van der Waals surface area contributed by atoms with Crippen molar-refractivity contribution in [3.63, 3.8) is 0 Å². The van der Waals surface area contributed by atoms with Gasteiger partial charge in [-0.25, -0.2) is 0 Å². The molecule has 228 valence electrons. The average molecular weight is 746 g/mol. The van der Waals surface area contributed by atoms with Gasteiger partial charge < -0.3 is 0 Å². The van der Waals surface area contributed by atoms with Gasteiger partial charge in [0.25, 0.3) is 0 Å². The van der Waals surface area contributed by atoms with Crippen LogP contribution in [0.4, 0.5) is 0 Å². The van der Waals surface area contributed by atoms with Gasteiger partial charge in [0.05, 0.1) is 5.52 Å². The van der Waals surface area contributed by atoms with Crippen molar-refractivity contribution < 1.29 is 19.2 Å². The number of benzene rings is 3.